The highest BCUT2D eigenvalue weighted by Gasteiger charge is 2.27. The van der Waals surface area contributed by atoms with Crippen molar-refractivity contribution < 1.29 is 19.1 Å². The van der Waals surface area contributed by atoms with Crippen LogP contribution >= 0.6 is 0 Å². The van der Waals surface area contributed by atoms with Crippen molar-refractivity contribution in [3.8, 4) is 11.1 Å². The molecule has 2 aromatic carbocycles. The molecule has 0 radical (unpaired) electrons. The molecule has 5 N–H and O–H groups in total. The van der Waals surface area contributed by atoms with Gasteiger partial charge in [0.15, 0.2) is 0 Å². The minimum absolute atomic E-state index is 0.0433. The Morgan fingerprint density at radius 3 is 2.56 bits per heavy atom. The Morgan fingerprint density at radius 1 is 0.953 bits per heavy atom. The van der Waals surface area contributed by atoms with Crippen molar-refractivity contribution in [2.75, 3.05) is 10.6 Å². The van der Waals surface area contributed by atoms with E-state index in [-0.39, 0.29) is 24.0 Å². The average Bonchev–Trinajstić information content (AvgIpc) is 3.74. The summed E-state index contributed by atoms with van der Waals surface area (Å²) in [6.45, 7) is 0.463. The minimum Gasteiger partial charge on any atom is -0.446 e. The van der Waals surface area contributed by atoms with Gasteiger partial charge in [-0.05, 0) is 110 Å². The van der Waals surface area contributed by atoms with Crippen LogP contribution in [0.4, 0.5) is 16.2 Å². The largest absolute Gasteiger partial charge is 0.446 e. The predicted octanol–water partition coefficient (Wildman–Crippen LogP) is 6.56. The van der Waals surface area contributed by atoms with Gasteiger partial charge in [0.2, 0.25) is 5.91 Å². The number of nitrogens with two attached hydrogens (primary N) is 1. The standard InChI is InChI=1S/C34H39N5O4/c35-20-24-12-11-23(17-28(24)21-9-10-21)33(41)39-29-7-3-4-8-32(40)38-30-19-25(37-34(42)43-26-5-1-2-6-26)13-14-27(30)22-15-16-36-31(29)18-22/h11-19,21,26,29H,1-10,20,35H2,(H,37,42)(H,38,40)(H,39,41). The van der Waals surface area contributed by atoms with E-state index in [4.69, 9.17) is 10.5 Å². The number of amides is 3. The number of fused-ring (bicyclic) bond motifs is 4. The van der Waals surface area contributed by atoms with E-state index in [1.54, 1.807) is 18.3 Å². The molecule has 3 aliphatic rings. The molecule has 2 bridgehead atoms. The third-order valence-electron chi connectivity index (χ3n) is 8.66. The SMILES string of the molecule is NCc1ccc(C(=O)NC2CCCCC(=O)Nc3cc(NC(=O)OC4CCCC4)ccc3-c3ccnc2c3)cc1C1CC1. The number of ether oxygens (including phenoxy) is 1. The molecule has 2 heterocycles. The van der Waals surface area contributed by atoms with Gasteiger partial charge in [0.25, 0.3) is 5.91 Å². The summed E-state index contributed by atoms with van der Waals surface area (Å²) in [5, 5.41) is 9.07. The monoisotopic (exact) mass is 581 g/mol. The van der Waals surface area contributed by atoms with Crippen molar-refractivity contribution in [3.63, 3.8) is 0 Å². The quantitative estimate of drug-likeness (QED) is 0.260. The summed E-state index contributed by atoms with van der Waals surface area (Å²) in [5.74, 6) is 0.244. The molecule has 6 rings (SSSR count). The zero-order chi connectivity index (χ0) is 29.8. The van der Waals surface area contributed by atoms with E-state index in [2.05, 4.69) is 20.9 Å². The summed E-state index contributed by atoms with van der Waals surface area (Å²) in [6, 6.07) is 14.8. The second-order valence-electron chi connectivity index (χ2n) is 11.9. The van der Waals surface area contributed by atoms with Crippen molar-refractivity contribution in [2.45, 2.75) is 88.8 Å². The van der Waals surface area contributed by atoms with Crippen LogP contribution in [0.1, 0.15) is 103 Å². The second kappa shape index (κ2) is 13.0. The third kappa shape index (κ3) is 7.05. The number of hydrogen-bond donors (Lipinski definition) is 4. The Hall–Kier alpha value is -4.24. The minimum atomic E-state index is -0.488. The molecule has 9 nitrogen and oxygen atoms in total. The first-order valence-corrected chi connectivity index (χ1v) is 15.5. The van der Waals surface area contributed by atoms with Crippen LogP contribution < -0.4 is 21.7 Å². The Morgan fingerprint density at radius 2 is 1.77 bits per heavy atom. The number of aromatic nitrogens is 1. The molecule has 224 valence electrons. The van der Waals surface area contributed by atoms with Gasteiger partial charge in [-0.1, -0.05) is 18.6 Å². The van der Waals surface area contributed by atoms with E-state index in [9.17, 15) is 14.4 Å². The maximum Gasteiger partial charge on any atom is 0.411 e. The number of nitrogens with zero attached hydrogens (tertiary/aromatic N) is 1. The lowest BCUT2D eigenvalue weighted by Crippen LogP contribution is -2.29. The van der Waals surface area contributed by atoms with Gasteiger partial charge < -0.3 is 21.1 Å². The highest BCUT2D eigenvalue weighted by atomic mass is 16.6. The lowest BCUT2D eigenvalue weighted by atomic mass is 9.97. The molecule has 1 aromatic heterocycles. The average molecular weight is 582 g/mol. The zero-order valence-corrected chi connectivity index (χ0v) is 24.4. The molecule has 43 heavy (non-hydrogen) atoms. The molecule has 1 unspecified atom stereocenters. The molecular formula is C34H39N5O4. The lowest BCUT2D eigenvalue weighted by Gasteiger charge is -2.21. The summed E-state index contributed by atoms with van der Waals surface area (Å²) >= 11 is 0. The van der Waals surface area contributed by atoms with Crippen molar-refractivity contribution in [1.29, 1.82) is 0 Å². The molecule has 1 atom stereocenters. The van der Waals surface area contributed by atoms with Gasteiger partial charge in [-0.25, -0.2) is 4.79 Å². The summed E-state index contributed by atoms with van der Waals surface area (Å²) in [4.78, 5) is 43.6. The number of hydrogen-bond acceptors (Lipinski definition) is 6. The maximum atomic E-state index is 13.5. The highest BCUT2D eigenvalue weighted by Crippen LogP contribution is 2.42. The number of carbonyl (C=O) groups excluding carboxylic acids is 3. The van der Waals surface area contributed by atoms with Gasteiger partial charge in [0.1, 0.15) is 6.10 Å². The normalized spacial score (nSPS) is 18.9. The number of nitrogens with one attached hydrogen (secondary N) is 3. The molecule has 0 spiro atoms. The van der Waals surface area contributed by atoms with Crippen LogP contribution in [0, 0.1) is 0 Å². The topological polar surface area (TPSA) is 135 Å². The van der Waals surface area contributed by atoms with Gasteiger partial charge >= 0.3 is 6.09 Å². The van der Waals surface area contributed by atoms with Crippen molar-refractivity contribution >= 4 is 29.3 Å². The van der Waals surface area contributed by atoms with Crippen LogP contribution in [0.3, 0.4) is 0 Å². The Kier molecular flexibility index (Phi) is 8.69. The fourth-order valence-electron chi connectivity index (χ4n) is 6.17. The smallest absolute Gasteiger partial charge is 0.411 e. The molecular weight excluding hydrogens is 542 g/mol. The molecule has 9 heteroatoms. The highest BCUT2D eigenvalue weighted by molar-refractivity contribution is 5.98. The summed E-state index contributed by atoms with van der Waals surface area (Å²) in [5.41, 5.74) is 12.4. The van der Waals surface area contributed by atoms with Gasteiger partial charge in [0.05, 0.1) is 17.4 Å². The molecule has 2 aliphatic carbocycles. The van der Waals surface area contributed by atoms with E-state index in [0.29, 0.717) is 48.7 Å². The van der Waals surface area contributed by atoms with E-state index in [1.807, 2.05) is 36.4 Å². The van der Waals surface area contributed by atoms with Crippen LogP contribution in [0.2, 0.25) is 0 Å². The van der Waals surface area contributed by atoms with Gasteiger partial charge in [-0.3, -0.25) is 19.9 Å². The van der Waals surface area contributed by atoms with Crippen molar-refractivity contribution in [3.05, 3.63) is 77.1 Å². The summed E-state index contributed by atoms with van der Waals surface area (Å²) in [6.07, 6.45) is 9.80. The van der Waals surface area contributed by atoms with Gasteiger partial charge in [-0.2, -0.15) is 0 Å². The summed E-state index contributed by atoms with van der Waals surface area (Å²) < 4.78 is 5.55. The molecule has 2 saturated carbocycles. The van der Waals surface area contributed by atoms with Crippen LogP contribution in [-0.2, 0) is 16.1 Å². The van der Waals surface area contributed by atoms with E-state index >= 15 is 0 Å². The molecule has 0 saturated heterocycles. The van der Waals surface area contributed by atoms with Crippen molar-refractivity contribution in [1.82, 2.24) is 10.3 Å². The Labute approximate surface area is 252 Å². The fraction of sp³-hybridized carbons (Fsp3) is 0.412. The van der Waals surface area contributed by atoms with Crippen LogP contribution in [0.25, 0.3) is 11.1 Å². The molecule has 1 aliphatic heterocycles. The van der Waals surface area contributed by atoms with Crippen LogP contribution in [0.15, 0.2) is 54.7 Å². The van der Waals surface area contributed by atoms with E-state index < -0.39 is 6.09 Å². The van der Waals surface area contributed by atoms with E-state index in [0.717, 1.165) is 67.3 Å². The van der Waals surface area contributed by atoms with Crippen LogP contribution in [0.5, 0.6) is 0 Å². The number of anilines is 2. The number of benzene rings is 2. The van der Waals surface area contributed by atoms with E-state index in [1.165, 1.54) is 5.56 Å². The maximum absolute atomic E-state index is 13.5. The number of pyridine rings is 1. The zero-order valence-electron chi connectivity index (χ0n) is 24.4. The number of carbonyl (C=O) groups is 3. The molecule has 3 amide bonds. The predicted molar refractivity (Wildman–Crippen MR) is 166 cm³/mol. The van der Waals surface area contributed by atoms with Gasteiger partial charge in [0, 0.05) is 36.0 Å². The van der Waals surface area contributed by atoms with Gasteiger partial charge in [-0.15, -0.1) is 0 Å². The fourth-order valence-corrected chi connectivity index (χ4v) is 6.17. The first-order valence-electron chi connectivity index (χ1n) is 15.5. The molecule has 3 aromatic rings. The third-order valence-corrected chi connectivity index (χ3v) is 8.66. The second-order valence-corrected chi connectivity index (χ2v) is 11.9. The van der Waals surface area contributed by atoms with Crippen molar-refractivity contribution in [2.24, 2.45) is 5.73 Å². The Balaban J connectivity index is 1.25. The molecule has 2 fully saturated rings. The lowest BCUT2D eigenvalue weighted by molar-refractivity contribution is -0.116. The Bertz CT molecular complexity index is 1510. The summed E-state index contributed by atoms with van der Waals surface area (Å²) in [7, 11) is 0. The van der Waals surface area contributed by atoms with Crippen LogP contribution in [-0.4, -0.2) is 29.0 Å². The first kappa shape index (κ1) is 28.9. The number of rotatable bonds is 6. The first-order chi connectivity index (χ1) is 21.0.